The highest BCUT2D eigenvalue weighted by atomic mass is 79.9. The minimum atomic E-state index is -0.355. The van der Waals surface area contributed by atoms with E-state index in [0.717, 1.165) is 76.0 Å². The molecular formula is C33H40BrN3O5. The number of piperazine rings is 1. The quantitative estimate of drug-likeness (QED) is 0.336. The molecule has 6 rings (SSSR count). The molecule has 1 amide bonds. The van der Waals surface area contributed by atoms with Crippen molar-refractivity contribution in [1.29, 1.82) is 0 Å². The molecule has 3 heterocycles. The lowest BCUT2D eigenvalue weighted by molar-refractivity contribution is 0.0729. The Kier molecular flexibility index (Phi) is 8.11. The number of carbonyl (C=O) groups excluding carboxylic acids is 1. The summed E-state index contributed by atoms with van der Waals surface area (Å²) in [5, 5.41) is 1.01. The number of benzene rings is 2. The van der Waals surface area contributed by atoms with E-state index in [0.29, 0.717) is 42.3 Å². The number of amides is 1. The monoisotopic (exact) mass is 637 g/mol. The molecule has 224 valence electrons. The topological polar surface area (TPSA) is 75.5 Å². The second-order valence-corrected chi connectivity index (χ2v) is 13.0. The van der Waals surface area contributed by atoms with Crippen molar-refractivity contribution in [2.45, 2.75) is 65.1 Å². The highest BCUT2D eigenvalue weighted by Gasteiger charge is 2.31. The van der Waals surface area contributed by atoms with Gasteiger partial charge in [-0.15, -0.1) is 0 Å². The van der Waals surface area contributed by atoms with Gasteiger partial charge in [-0.1, -0.05) is 0 Å². The van der Waals surface area contributed by atoms with Crippen LogP contribution in [-0.2, 0) is 17.7 Å². The third-order valence-corrected chi connectivity index (χ3v) is 10.1. The molecule has 3 aliphatic rings. The average molecular weight is 639 g/mol. The van der Waals surface area contributed by atoms with Crippen molar-refractivity contribution < 1.29 is 18.7 Å². The number of nitrogens with zero attached hydrogens (tertiary/aromatic N) is 3. The van der Waals surface area contributed by atoms with E-state index in [-0.39, 0.29) is 24.2 Å². The van der Waals surface area contributed by atoms with E-state index in [1.54, 1.807) is 12.0 Å². The maximum atomic E-state index is 13.8. The van der Waals surface area contributed by atoms with Gasteiger partial charge in [0, 0.05) is 61.1 Å². The summed E-state index contributed by atoms with van der Waals surface area (Å²) in [7, 11) is 3.88. The molecule has 2 fully saturated rings. The second kappa shape index (κ2) is 11.7. The first-order valence-electron chi connectivity index (χ1n) is 15.0. The number of rotatable bonds is 6. The minimum Gasteiger partial charge on any atom is -0.489 e. The smallest absolute Gasteiger partial charge is 0.341 e. The van der Waals surface area contributed by atoms with Gasteiger partial charge in [0.1, 0.15) is 11.3 Å². The average Bonchev–Trinajstić information content (AvgIpc) is 2.95. The number of hydrogen-bond acceptors (Lipinski definition) is 7. The molecule has 1 saturated heterocycles. The van der Waals surface area contributed by atoms with Gasteiger partial charge in [-0.05, 0) is 98.8 Å². The molecule has 1 aromatic heterocycles. The van der Waals surface area contributed by atoms with Gasteiger partial charge >= 0.3 is 5.63 Å². The van der Waals surface area contributed by atoms with Gasteiger partial charge in [-0.3, -0.25) is 9.69 Å². The number of likely N-dealkylation sites (N-methyl/N-ethyl adjacent to an activating group) is 1. The predicted molar refractivity (Wildman–Crippen MR) is 168 cm³/mol. The highest BCUT2D eigenvalue weighted by Crippen LogP contribution is 2.38. The molecule has 0 unspecified atom stereocenters. The Morgan fingerprint density at radius 2 is 1.88 bits per heavy atom. The lowest BCUT2D eigenvalue weighted by Crippen LogP contribution is -2.53. The molecule has 0 bridgehead atoms. The predicted octanol–water partition coefficient (Wildman–Crippen LogP) is 5.38. The summed E-state index contributed by atoms with van der Waals surface area (Å²) in [6.45, 7) is 10.2. The number of halogens is 1. The summed E-state index contributed by atoms with van der Waals surface area (Å²) < 4.78 is 18.6. The van der Waals surface area contributed by atoms with Crippen LogP contribution in [0, 0.1) is 20.8 Å². The summed E-state index contributed by atoms with van der Waals surface area (Å²) >= 11 is 3.60. The van der Waals surface area contributed by atoms with Crippen molar-refractivity contribution in [2.24, 2.45) is 0 Å². The van der Waals surface area contributed by atoms with Gasteiger partial charge in [0.15, 0.2) is 0 Å². The van der Waals surface area contributed by atoms with E-state index in [4.69, 9.17) is 13.9 Å². The highest BCUT2D eigenvalue weighted by molar-refractivity contribution is 9.10. The van der Waals surface area contributed by atoms with Gasteiger partial charge in [-0.25, -0.2) is 4.79 Å². The van der Waals surface area contributed by atoms with Crippen LogP contribution in [0.3, 0.4) is 0 Å². The molecule has 2 aliphatic heterocycles. The fraction of sp³-hybridized carbons (Fsp3) is 0.515. The first-order chi connectivity index (χ1) is 20.2. The number of anilines is 1. The van der Waals surface area contributed by atoms with E-state index in [9.17, 15) is 9.59 Å². The molecule has 42 heavy (non-hydrogen) atoms. The molecular weight excluding hydrogens is 598 g/mol. The summed E-state index contributed by atoms with van der Waals surface area (Å²) in [5.74, 6) is 0.650. The van der Waals surface area contributed by atoms with Crippen molar-refractivity contribution in [2.75, 3.05) is 51.8 Å². The Morgan fingerprint density at radius 1 is 1.10 bits per heavy atom. The third kappa shape index (κ3) is 5.13. The first-order valence-corrected chi connectivity index (χ1v) is 15.7. The summed E-state index contributed by atoms with van der Waals surface area (Å²) in [5.41, 5.74) is 6.52. The number of carbonyl (C=O) groups is 1. The Labute approximate surface area is 255 Å². The fourth-order valence-corrected chi connectivity index (χ4v) is 7.17. The molecule has 0 N–H and O–H groups in total. The van der Waals surface area contributed by atoms with Crippen molar-refractivity contribution in [1.82, 2.24) is 9.80 Å². The van der Waals surface area contributed by atoms with E-state index >= 15 is 0 Å². The molecule has 1 saturated carbocycles. The zero-order valence-corrected chi connectivity index (χ0v) is 26.8. The second-order valence-electron chi connectivity index (χ2n) is 12.1. The Balaban J connectivity index is 1.30. The molecule has 1 aliphatic carbocycles. The van der Waals surface area contributed by atoms with Crippen LogP contribution < -0.4 is 15.3 Å². The van der Waals surface area contributed by atoms with E-state index < -0.39 is 0 Å². The zero-order valence-electron chi connectivity index (χ0n) is 25.2. The number of ether oxygens (including phenoxy) is 2. The van der Waals surface area contributed by atoms with Crippen molar-refractivity contribution in [3.05, 3.63) is 66.5 Å². The number of fused-ring (bicyclic) bond motifs is 3. The van der Waals surface area contributed by atoms with Crippen LogP contribution in [0.1, 0.15) is 57.4 Å². The van der Waals surface area contributed by atoms with Crippen LogP contribution >= 0.6 is 15.9 Å². The molecule has 9 heteroatoms. The van der Waals surface area contributed by atoms with Gasteiger partial charge in [-0.2, -0.15) is 0 Å². The molecule has 0 spiro atoms. The lowest BCUT2D eigenvalue weighted by Gasteiger charge is -2.41. The van der Waals surface area contributed by atoms with E-state index in [1.807, 2.05) is 26.0 Å². The number of hydrogen-bond donors (Lipinski definition) is 0. The molecule has 3 aromatic rings. The van der Waals surface area contributed by atoms with Gasteiger partial charge in [0.2, 0.25) is 0 Å². The van der Waals surface area contributed by atoms with Crippen LogP contribution in [0.4, 0.5) is 5.69 Å². The maximum Gasteiger partial charge on any atom is 0.341 e. The van der Waals surface area contributed by atoms with E-state index in [1.165, 1.54) is 6.42 Å². The van der Waals surface area contributed by atoms with Crippen molar-refractivity contribution >= 4 is 38.5 Å². The molecule has 8 nitrogen and oxygen atoms in total. The van der Waals surface area contributed by atoms with Gasteiger partial charge < -0.3 is 23.7 Å². The molecule has 1 atom stereocenters. The molecule has 0 radical (unpaired) electrons. The zero-order chi connectivity index (χ0) is 29.7. The standard InChI is InChI=1S/C33H40BrN3O5/c1-19-15-28(36-14-13-35(4)22(16-36)18-40-5)21(3)31-29(19)25-11-12-37(17-26(25)33(39)42-31)32(38)24-9-10-27(34)30(20(24)2)41-23-7-6-8-23/h9-10,15,22-23H,6-8,11-14,16-18H2,1-5H3/t22-/m1/s1. The molecule has 2 aromatic carbocycles. The SMILES string of the molecule is COC[C@H]1CN(c2cc(C)c3c4c(c(=O)oc3c2C)CN(C(=O)c2ccc(Br)c(OC3CCC3)c2C)CC4)CCN1C. The van der Waals surface area contributed by atoms with Crippen LogP contribution in [-0.4, -0.2) is 74.8 Å². The van der Waals surface area contributed by atoms with Crippen LogP contribution in [0.5, 0.6) is 5.75 Å². The van der Waals surface area contributed by atoms with Crippen molar-refractivity contribution in [3.8, 4) is 5.75 Å². The van der Waals surface area contributed by atoms with Gasteiger partial charge in [0.05, 0.1) is 35.3 Å². The van der Waals surface area contributed by atoms with Crippen molar-refractivity contribution in [3.63, 3.8) is 0 Å². The minimum absolute atomic E-state index is 0.0902. The summed E-state index contributed by atoms with van der Waals surface area (Å²) in [6.07, 6.45) is 4.07. The maximum absolute atomic E-state index is 13.8. The fourth-order valence-electron chi connectivity index (χ4n) is 6.65. The Bertz CT molecular complexity index is 1600. The third-order valence-electron chi connectivity index (χ3n) is 9.48. The summed E-state index contributed by atoms with van der Waals surface area (Å²) in [4.78, 5) is 33.7. The summed E-state index contributed by atoms with van der Waals surface area (Å²) in [6, 6.07) is 6.27. The van der Waals surface area contributed by atoms with E-state index in [2.05, 4.69) is 45.8 Å². The van der Waals surface area contributed by atoms with Crippen LogP contribution in [0.2, 0.25) is 0 Å². The number of aryl methyl sites for hydroxylation is 2. The van der Waals surface area contributed by atoms with Gasteiger partial charge in [0.25, 0.3) is 5.91 Å². The van der Waals surface area contributed by atoms with Crippen LogP contribution in [0.25, 0.3) is 11.0 Å². The lowest BCUT2D eigenvalue weighted by atomic mass is 9.92. The largest absolute Gasteiger partial charge is 0.489 e. The normalized spacial score (nSPS) is 19.6. The Hall–Kier alpha value is -2.88. The first kappa shape index (κ1) is 29.2. The van der Waals surface area contributed by atoms with Crippen LogP contribution in [0.15, 0.2) is 31.9 Å². The Morgan fingerprint density at radius 3 is 2.60 bits per heavy atom. The number of methoxy groups -OCH3 is 1.